The molecule has 104 valence electrons. The average Bonchev–Trinajstić information content (AvgIpc) is 2.84. The van der Waals surface area contributed by atoms with E-state index in [4.69, 9.17) is 11.6 Å². The molecule has 0 amide bonds. The van der Waals surface area contributed by atoms with Gasteiger partial charge in [-0.1, -0.05) is 27.5 Å². The number of cyclic esters (lactones) is 4. The molecular weight excluding hydrogens is 355 g/mol. The molecule has 2 saturated heterocycles. The number of esters is 4. The Morgan fingerprint density at radius 1 is 0.700 bits per heavy atom. The minimum atomic E-state index is -0.805. The predicted molar refractivity (Wildman–Crippen MR) is 64.9 cm³/mol. The van der Waals surface area contributed by atoms with Gasteiger partial charge in [0.05, 0.1) is 23.7 Å². The van der Waals surface area contributed by atoms with Crippen LogP contribution in [0.2, 0.25) is 0 Å². The van der Waals surface area contributed by atoms with E-state index in [2.05, 4.69) is 25.4 Å². The molecule has 1 saturated carbocycles. The second-order valence-corrected chi connectivity index (χ2v) is 6.59. The molecule has 4 unspecified atom stereocenters. The molecule has 5 aliphatic rings. The van der Waals surface area contributed by atoms with Crippen LogP contribution in [0.4, 0.5) is 0 Å². The van der Waals surface area contributed by atoms with Crippen molar-refractivity contribution in [2.75, 3.05) is 0 Å². The highest BCUT2D eigenvalue weighted by molar-refractivity contribution is 9.11. The molecule has 0 aromatic heterocycles. The van der Waals surface area contributed by atoms with Crippen LogP contribution in [0.25, 0.3) is 0 Å². The van der Waals surface area contributed by atoms with Gasteiger partial charge in [0.2, 0.25) is 0 Å². The van der Waals surface area contributed by atoms with Crippen molar-refractivity contribution in [2.24, 2.45) is 35.5 Å². The van der Waals surface area contributed by atoms with Crippen LogP contribution in [0, 0.1) is 35.5 Å². The zero-order valence-electron chi connectivity index (χ0n) is 9.67. The van der Waals surface area contributed by atoms with Crippen molar-refractivity contribution in [3.8, 4) is 0 Å². The van der Waals surface area contributed by atoms with Crippen LogP contribution in [0.1, 0.15) is 0 Å². The summed E-state index contributed by atoms with van der Waals surface area (Å²) in [4.78, 5) is 47.5. The second-order valence-electron chi connectivity index (χ2n) is 5.33. The van der Waals surface area contributed by atoms with Gasteiger partial charge in [0.15, 0.2) is 0 Å². The summed E-state index contributed by atoms with van der Waals surface area (Å²) in [5.74, 6) is -7.25. The standard InChI is InChI=1S/C12H6BrClO6/c13-7-1-3-5(11(17)19-9(3)15)2(8(7)14)6-4(1)10(16)20-12(6)18/h1-6H. The van der Waals surface area contributed by atoms with E-state index in [1.165, 1.54) is 0 Å². The summed E-state index contributed by atoms with van der Waals surface area (Å²) in [7, 11) is 0. The number of hydrogen-bond acceptors (Lipinski definition) is 6. The van der Waals surface area contributed by atoms with Crippen molar-refractivity contribution in [1.29, 1.82) is 0 Å². The molecule has 8 heteroatoms. The van der Waals surface area contributed by atoms with Crippen LogP contribution in [0.3, 0.4) is 0 Å². The van der Waals surface area contributed by atoms with Gasteiger partial charge >= 0.3 is 23.9 Å². The lowest BCUT2D eigenvalue weighted by Crippen LogP contribution is -2.53. The number of hydrogen-bond donors (Lipinski definition) is 0. The number of carbonyl (C=O) groups is 4. The number of allylic oxidation sites excluding steroid dienone is 2. The van der Waals surface area contributed by atoms with Crippen molar-refractivity contribution in [2.45, 2.75) is 0 Å². The van der Waals surface area contributed by atoms with E-state index in [1.807, 2.05) is 0 Å². The first-order valence-electron chi connectivity index (χ1n) is 5.99. The van der Waals surface area contributed by atoms with Gasteiger partial charge in [-0.25, -0.2) is 0 Å². The third-order valence-corrected chi connectivity index (χ3v) is 6.27. The van der Waals surface area contributed by atoms with Gasteiger partial charge in [-0.05, 0) is 0 Å². The summed E-state index contributed by atoms with van der Waals surface area (Å²) < 4.78 is 9.84. The van der Waals surface area contributed by atoms with E-state index >= 15 is 0 Å². The predicted octanol–water partition coefficient (Wildman–Crippen LogP) is 0.723. The van der Waals surface area contributed by atoms with E-state index in [-0.39, 0.29) is 0 Å². The lowest BCUT2D eigenvalue weighted by molar-refractivity contribution is -0.154. The Hall–Kier alpha value is -1.21. The summed E-state index contributed by atoms with van der Waals surface area (Å²) in [5.41, 5.74) is 0. The molecule has 5 rings (SSSR count). The topological polar surface area (TPSA) is 86.7 Å². The Kier molecular flexibility index (Phi) is 2.32. The minimum Gasteiger partial charge on any atom is -0.393 e. The Labute approximate surface area is 125 Å². The largest absolute Gasteiger partial charge is 0.393 e. The Bertz CT molecular complexity index is 546. The molecule has 3 aliphatic carbocycles. The van der Waals surface area contributed by atoms with Crippen LogP contribution in [0.5, 0.6) is 0 Å². The molecule has 0 aromatic carbocycles. The molecule has 0 radical (unpaired) electrons. The molecule has 2 heterocycles. The highest BCUT2D eigenvalue weighted by Gasteiger charge is 2.71. The molecule has 2 aliphatic heterocycles. The molecule has 3 fully saturated rings. The number of carbonyl (C=O) groups excluding carboxylic acids is 4. The third-order valence-electron chi connectivity index (χ3n) is 4.63. The van der Waals surface area contributed by atoms with Crippen LogP contribution < -0.4 is 0 Å². The smallest absolute Gasteiger partial charge is 0.318 e. The van der Waals surface area contributed by atoms with E-state index < -0.39 is 59.4 Å². The maximum Gasteiger partial charge on any atom is 0.318 e. The highest BCUT2D eigenvalue weighted by Crippen LogP contribution is 2.63. The zero-order chi connectivity index (χ0) is 14.3. The zero-order valence-corrected chi connectivity index (χ0v) is 12.0. The highest BCUT2D eigenvalue weighted by atomic mass is 79.9. The van der Waals surface area contributed by atoms with Gasteiger partial charge < -0.3 is 9.47 Å². The maximum absolute atomic E-state index is 11.9. The van der Waals surface area contributed by atoms with E-state index in [9.17, 15) is 19.2 Å². The summed E-state index contributed by atoms with van der Waals surface area (Å²) in [6, 6.07) is 0. The maximum atomic E-state index is 11.9. The molecular formula is C12H6BrClO6. The lowest BCUT2D eigenvalue weighted by atomic mass is 9.54. The molecule has 6 nitrogen and oxygen atoms in total. The van der Waals surface area contributed by atoms with Crippen molar-refractivity contribution in [3.05, 3.63) is 9.51 Å². The van der Waals surface area contributed by atoms with Gasteiger partial charge in [-0.15, -0.1) is 0 Å². The molecule has 0 N–H and O–H groups in total. The van der Waals surface area contributed by atoms with Crippen molar-refractivity contribution < 1.29 is 28.7 Å². The van der Waals surface area contributed by atoms with Gasteiger partial charge in [0.1, 0.15) is 0 Å². The van der Waals surface area contributed by atoms with Crippen LogP contribution in [0.15, 0.2) is 9.51 Å². The second kappa shape index (κ2) is 3.71. The fourth-order valence-electron chi connectivity index (χ4n) is 3.93. The Morgan fingerprint density at radius 2 is 1.05 bits per heavy atom. The van der Waals surface area contributed by atoms with Crippen LogP contribution in [-0.2, 0) is 28.7 Å². The molecule has 0 spiro atoms. The summed E-state index contributed by atoms with van der Waals surface area (Å²) in [5, 5.41) is 0.302. The molecule has 20 heavy (non-hydrogen) atoms. The summed E-state index contributed by atoms with van der Waals surface area (Å²) >= 11 is 9.51. The van der Waals surface area contributed by atoms with Crippen molar-refractivity contribution in [1.82, 2.24) is 0 Å². The Balaban J connectivity index is 1.96. The van der Waals surface area contributed by atoms with E-state index in [0.717, 1.165) is 0 Å². The van der Waals surface area contributed by atoms with Gasteiger partial charge in [-0.3, -0.25) is 19.2 Å². The molecule has 2 bridgehead atoms. The molecule has 4 atom stereocenters. The number of halogens is 2. The average molecular weight is 362 g/mol. The van der Waals surface area contributed by atoms with Crippen molar-refractivity contribution in [3.63, 3.8) is 0 Å². The summed E-state index contributed by atoms with van der Waals surface area (Å²) in [6.45, 7) is 0. The third kappa shape index (κ3) is 1.21. The SMILES string of the molecule is O=C1OC(=O)C2C1C1C(Cl)=C(Br)C2C2C(=O)OC(=O)C21. The first kappa shape index (κ1) is 12.5. The van der Waals surface area contributed by atoms with E-state index in [1.54, 1.807) is 0 Å². The number of rotatable bonds is 0. The fraction of sp³-hybridized carbons (Fsp3) is 0.500. The van der Waals surface area contributed by atoms with E-state index in [0.29, 0.717) is 9.51 Å². The Morgan fingerprint density at radius 3 is 1.45 bits per heavy atom. The first-order valence-corrected chi connectivity index (χ1v) is 7.16. The molecule has 0 aromatic rings. The quantitative estimate of drug-likeness (QED) is 0.467. The van der Waals surface area contributed by atoms with Crippen molar-refractivity contribution >= 4 is 51.4 Å². The van der Waals surface area contributed by atoms with Gasteiger partial charge in [0, 0.05) is 21.4 Å². The van der Waals surface area contributed by atoms with Gasteiger partial charge in [-0.2, -0.15) is 0 Å². The first-order chi connectivity index (χ1) is 9.43. The van der Waals surface area contributed by atoms with Crippen LogP contribution in [-0.4, -0.2) is 23.9 Å². The number of ether oxygens (including phenoxy) is 2. The lowest BCUT2D eigenvalue weighted by Gasteiger charge is -2.46. The minimum absolute atomic E-state index is 0.302. The monoisotopic (exact) mass is 360 g/mol. The van der Waals surface area contributed by atoms with Crippen LogP contribution >= 0.6 is 27.5 Å². The van der Waals surface area contributed by atoms with Gasteiger partial charge in [0.25, 0.3) is 0 Å². The fourth-order valence-corrected chi connectivity index (χ4v) is 5.16. The summed E-state index contributed by atoms with van der Waals surface area (Å²) in [6.07, 6.45) is 0. The normalized spacial score (nSPS) is 45.5.